The maximum absolute atomic E-state index is 14.0. The lowest BCUT2D eigenvalue weighted by Crippen LogP contribution is -2.68. The highest BCUT2D eigenvalue weighted by Crippen LogP contribution is 2.76. The number of ketones is 2. The second kappa shape index (κ2) is 7.07. The van der Waals surface area contributed by atoms with Crippen molar-refractivity contribution >= 4 is 17.5 Å². The Bertz CT molecular complexity index is 978. The third kappa shape index (κ3) is 2.64. The molecule has 0 aromatic heterocycles. The maximum Gasteiger partial charge on any atom is 0.309 e. The first-order chi connectivity index (χ1) is 15.7. The molecule has 4 heteroatoms. The smallest absolute Gasteiger partial charge is 0.309 e. The molecule has 5 aliphatic carbocycles. The van der Waals surface area contributed by atoms with E-state index in [2.05, 4.69) is 34.3 Å². The minimum Gasteiger partial charge on any atom is -0.481 e. The van der Waals surface area contributed by atoms with Crippen LogP contribution in [0.5, 0.6) is 0 Å². The van der Waals surface area contributed by atoms with Crippen molar-refractivity contribution in [2.24, 2.45) is 56.7 Å². The van der Waals surface area contributed by atoms with Crippen LogP contribution in [0.25, 0.3) is 0 Å². The quantitative estimate of drug-likeness (QED) is 0.471. The van der Waals surface area contributed by atoms with Gasteiger partial charge in [-0.2, -0.15) is 0 Å². The van der Waals surface area contributed by atoms with Crippen molar-refractivity contribution in [3.8, 4) is 0 Å². The Kier molecular flexibility index (Phi) is 5.04. The molecule has 0 aliphatic heterocycles. The molecule has 0 bridgehead atoms. The number of rotatable bonds is 2. The van der Waals surface area contributed by atoms with E-state index in [1.807, 2.05) is 13.8 Å². The number of Topliss-reactive ketones (excluding diaryl/α,β-unsaturated/α-hetero) is 2. The van der Waals surface area contributed by atoms with Crippen LogP contribution in [-0.2, 0) is 14.4 Å². The first-order valence-corrected chi connectivity index (χ1v) is 13.6. The second-order valence-corrected chi connectivity index (χ2v) is 14.3. The summed E-state index contributed by atoms with van der Waals surface area (Å²) < 4.78 is 0. The van der Waals surface area contributed by atoms with E-state index >= 15 is 0 Å². The monoisotopic (exact) mass is 468 g/mol. The number of hydrogen-bond acceptors (Lipinski definition) is 3. The average Bonchev–Trinajstić information content (AvgIpc) is 3.13. The molecule has 0 unspecified atom stereocenters. The van der Waals surface area contributed by atoms with Gasteiger partial charge in [-0.3, -0.25) is 14.4 Å². The first kappa shape index (κ1) is 24.3. The van der Waals surface area contributed by atoms with Crippen molar-refractivity contribution in [2.45, 2.75) is 99.3 Å². The summed E-state index contributed by atoms with van der Waals surface area (Å²) in [5.41, 5.74) is -0.510. The number of carbonyl (C=O) groups is 3. The van der Waals surface area contributed by atoms with Crippen LogP contribution < -0.4 is 0 Å². The zero-order chi connectivity index (χ0) is 25.1. The number of hydrogen-bond donors (Lipinski definition) is 1. The van der Waals surface area contributed by atoms with Crippen LogP contribution in [0.3, 0.4) is 0 Å². The van der Waals surface area contributed by atoms with Crippen molar-refractivity contribution in [1.82, 2.24) is 0 Å². The third-order valence-corrected chi connectivity index (χ3v) is 12.9. The van der Waals surface area contributed by atoms with E-state index < -0.39 is 16.8 Å². The minimum absolute atomic E-state index is 0.0766. The van der Waals surface area contributed by atoms with E-state index in [1.165, 1.54) is 0 Å². The molecule has 0 aromatic carbocycles. The Hall–Kier alpha value is -1.45. The molecule has 5 aliphatic rings. The Labute approximate surface area is 205 Å². The second-order valence-electron chi connectivity index (χ2n) is 14.3. The number of allylic oxidation sites excluding steroid dienone is 1. The Morgan fingerprint density at radius 3 is 2.24 bits per heavy atom. The fourth-order valence-corrected chi connectivity index (χ4v) is 11.2. The number of carboxylic acid groups (broad SMARTS) is 1. The highest BCUT2D eigenvalue weighted by atomic mass is 16.4. The van der Waals surface area contributed by atoms with Gasteiger partial charge in [0.15, 0.2) is 0 Å². The van der Waals surface area contributed by atoms with Crippen LogP contribution in [0.4, 0.5) is 0 Å². The molecular weight excluding hydrogens is 424 g/mol. The summed E-state index contributed by atoms with van der Waals surface area (Å²) in [4.78, 5) is 39.6. The molecule has 5 fully saturated rings. The van der Waals surface area contributed by atoms with Gasteiger partial charge in [0, 0.05) is 24.2 Å². The van der Waals surface area contributed by atoms with E-state index in [4.69, 9.17) is 0 Å². The van der Waals surface area contributed by atoms with E-state index in [-0.39, 0.29) is 45.6 Å². The van der Waals surface area contributed by atoms with Gasteiger partial charge >= 0.3 is 5.97 Å². The van der Waals surface area contributed by atoms with E-state index in [9.17, 15) is 19.5 Å². The molecule has 0 heterocycles. The van der Waals surface area contributed by atoms with Crippen molar-refractivity contribution < 1.29 is 19.5 Å². The predicted molar refractivity (Wildman–Crippen MR) is 132 cm³/mol. The predicted octanol–water partition coefficient (Wildman–Crippen LogP) is 6.48. The van der Waals surface area contributed by atoms with Gasteiger partial charge in [-0.1, -0.05) is 46.8 Å². The standard InChI is InChI=1S/C30H44O4/c1-17(2)18-10-13-30(25(33)34)15-14-28(6)19(23(18)30)8-9-21-27(5)12-11-22(32)26(3,4)24(27)20(31)16-29(21,28)7/h18-19,21,23-24H,1,8-16H2,2-7H3,(H,33,34)/t18-,19+,21+,23+,24-,27+,28+,29+,30-/m0/s1. The Morgan fingerprint density at radius 1 is 0.941 bits per heavy atom. The zero-order valence-electron chi connectivity index (χ0n) is 22.1. The van der Waals surface area contributed by atoms with Crippen molar-refractivity contribution in [3.05, 3.63) is 12.2 Å². The molecule has 4 nitrogen and oxygen atoms in total. The summed E-state index contributed by atoms with van der Waals surface area (Å²) in [7, 11) is 0. The van der Waals surface area contributed by atoms with Crippen molar-refractivity contribution in [1.29, 1.82) is 0 Å². The van der Waals surface area contributed by atoms with Gasteiger partial charge in [0.25, 0.3) is 0 Å². The summed E-state index contributed by atoms with van der Waals surface area (Å²) >= 11 is 0. The van der Waals surface area contributed by atoms with Gasteiger partial charge in [0.1, 0.15) is 11.6 Å². The molecule has 5 rings (SSSR count). The lowest BCUT2D eigenvalue weighted by atomic mass is 9.32. The van der Waals surface area contributed by atoms with E-state index in [0.29, 0.717) is 31.1 Å². The molecule has 1 N–H and O–H groups in total. The van der Waals surface area contributed by atoms with Crippen LogP contribution in [0.2, 0.25) is 0 Å². The fraction of sp³-hybridized carbons (Fsp3) is 0.833. The minimum atomic E-state index is -0.638. The van der Waals surface area contributed by atoms with Crippen molar-refractivity contribution in [3.63, 3.8) is 0 Å². The molecular formula is C30H44O4. The first-order valence-electron chi connectivity index (χ1n) is 13.6. The molecule has 5 saturated carbocycles. The molecule has 0 spiro atoms. The third-order valence-electron chi connectivity index (χ3n) is 12.9. The lowest BCUT2D eigenvalue weighted by Gasteiger charge is -2.71. The number of carbonyl (C=O) groups excluding carboxylic acids is 2. The fourth-order valence-electron chi connectivity index (χ4n) is 11.2. The topological polar surface area (TPSA) is 71.4 Å². The normalized spacial score (nSPS) is 51.6. The molecule has 0 radical (unpaired) electrons. The lowest BCUT2D eigenvalue weighted by molar-refractivity contribution is -0.229. The SMILES string of the molecule is C=C(C)[C@@H]1CC[C@]2(C(=O)O)CC[C@]3(C)[C@H](CC[C@@H]4[C@@]5(C)CCC(=O)C(C)(C)[C@@H]5C(=O)C[C@]43C)[C@@H]12. The van der Waals surface area contributed by atoms with Gasteiger partial charge in [0.05, 0.1) is 5.41 Å². The molecule has 188 valence electrons. The van der Waals surface area contributed by atoms with E-state index in [0.717, 1.165) is 44.1 Å². The molecule has 0 amide bonds. The summed E-state index contributed by atoms with van der Waals surface area (Å²) in [5.74, 6) is 0.766. The van der Waals surface area contributed by atoms with Gasteiger partial charge in [-0.05, 0) is 91.8 Å². The highest BCUT2D eigenvalue weighted by Gasteiger charge is 2.73. The van der Waals surface area contributed by atoms with Crippen molar-refractivity contribution in [2.75, 3.05) is 0 Å². The van der Waals surface area contributed by atoms with Crippen LogP contribution in [0.15, 0.2) is 12.2 Å². The average molecular weight is 469 g/mol. The number of carboxylic acids is 1. The summed E-state index contributed by atoms with van der Waals surface area (Å²) in [5, 5.41) is 10.5. The largest absolute Gasteiger partial charge is 0.481 e. The zero-order valence-corrected chi connectivity index (χ0v) is 22.1. The Balaban J connectivity index is 1.61. The van der Waals surface area contributed by atoms with Crippen LogP contribution >= 0.6 is 0 Å². The van der Waals surface area contributed by atoms with Gasteiger partial charge in [-0.25, -0.2) is 0 Å². The summed E-state index contributed by atoms with van der Waals surface area (Å²) in [6, 6.07) is 0. The van der Waals surface area contributed by atoms with Crippen LogP contribution in [0, 0.1) is 56.7 Å². The molecule has 0 saturated heterocycles. The summed E-state index contributed by atoms with van der Waals surface area (Å²) in [6.45, 7) is 17.5. The van der Waals surface area contributed by atoms with Gasteiger partial charge in [0.2, 0.25) is 0 Å². The summed E-state index contributed by atoms with van der Waals surface area (Å²) in [6.07, 6.45) is 7.26. The molecule has 34 heavy (non-hydrogen) atoms. The number of aliphatic carboxylic acids is 1. The maximum atomic E-state index is 14.0. The van der Waals surface area contributed by atoms with Gasteiger partial charge in [-0.15, -0.1) is 0 Å². The molecule has 0 aromatic rings. The number of fused-ring (bicyclic) bond motifs is 7. The highest BCUT2D eigenvalue weighted by molar-refractivity contribution is 5.95. The van der Waals surface area contributed by atoms with E-state index in [1.54, 1.807) is 0 Å². The van der Waals surface area contributed by atoms with Gasteiger partial charge < -0.3 is 5.11 Å². The van der Waals surface area contributed by atoms with Crippen LogP contribution in [0.1, 0.15) is 99.3 Å². The molecule has 9 atom stereocenters. The Morgan fingerprint density at radius 2 is 1.62 bits per heavy atom. The van der Waals surface area contributed by atoms with Crippen LogP contribution in [-0.4, -0.2) is 22.6 Å².